The minimum Gasteiger partial charge on any atom is -0.503 e. The van der Waals surface area contributed by atoms with Gasteiger partial charge >= 0.3 is 0 Å². The number of hydrogen-bond acceptors (Lipinski definition) is 3. The lowest BCUT2D eigenvalue weighted by molar-refractivity contribution is 0.364. The van der Waals surface area contributed by atoms with Crippen molar-refractivity contribution in [1.82, 2.24) is 9.47 Å². The van der Waals surface area contributed by atoms with E-state index in [4.69, 9.17) is 11.6 Å². The Bertz CT molecular complexity index is 691. The van der Waals surface area contributed by atoms with Crippen LogP contribution < -0.4 is 5.43 Å². The summed E-state index contributed by atoms with van der Waals surface area (Å²) in [4.78, 5) is 13.7. The van der Waals surface area contributed by atoms with Crippen LogP contribution in [0.2, 0.25) is 5.02 Å². The third kappa shape index (κ3) is 3.65. The van der Waals surface area contributed by atoms with Gasteiger partial charge in [-0.15, -0.1) is 0 Å². The predicted molar refractivity (Wildman–Crippen MR) is 85.0 cm³/mol. The summed E-state index contributed by atoms with van der Waals surface area (Å²) < 4.78 is 1.96. The molecule has 0 amide bonds. The third-order valence-corrected chi connectivity index (χ3v) is 3.57. The number of rotatable bonds is 4. The number of halogens is 1. The standard InChI is InChI=1S/C16H19ClN2O2/c1-11-8-15(20)16(21)14(10-18(2)3)19(11)9-12-4-6-13(17)7-5-12/h4-8,21H,9-10H2,1-3H3. The number of aromatic hydroxyl groups is 1. The first-order valence-electron chi connectivity index (χ1n) is 6.70. The molecule has 21 heavy (non-hydrogen) atoms. The van der Waals surface area contributed by atoms with Crippen LogP contribution in [0.25, 0.3) is 0 Å². The maximum Gasteiger partial charge on any atom is 0.223 e. The molecule has 1 heterocycles. The summed E-state index contributed by atoms with van der Waals surface area (Å²) in [5.74, 6) is -0.178. The van der Waals surface area contributed by atoms with Gasteiger partial charge in [0.05, 0.1) is 5.69 Å². The second-order valence-corrected chi connectivity index (χ2v) is 5.83. The summed E-state index contributed by atoms with van der Waals surface area (Å²) in [5.41, 5.74) is 2.17. The quantitative estimate of drug-likeness (QED) is 0.944. The molecule has 0 aliphatic carbocycles. The van der Waals surface area contributed by atoms with Gasteiger partial charge in [0.15, 0.2) is 5.75 Å². The van der Waals surface area contributed by atoms with Crippen LogP contribution in [0.3, 0.4) is 0 Å². The van der Waals surface area contributed by atoms with Gasteiger partial charge in [0.2, 0.25) is 5.43 Å². The fraction of sp³-hybridized carbons (Fsp3) is 0.312. The van der Waals surface area contributed by atoms with E-state index in [0.29, 0.717) is 23.8 Å². The second kappa shape index (κ2) is 6.33. The highest BCUT2D eigenvalue weighted by Crippen LogP contribution is 2.18. The Hall–Kier alpha value is -1.78. The van der Waals surface area contributed by atoms with E-state index in [1.165, 1.54) is 6.07 Å². The first-order valence-corrected chi connectivity index (χ1v) is 7.07. The maximum atomic E-state index is 11.8. The molecule has 0 unspecified atom stereocenters. The molecule has 2 aromatic rings. The van der Waals surface area contributed by atoms with Gasteiger partial charge in [-0.3, -0.25) is 4.79 Å². The van der Waals surface area contributed by atoms with Gasteiger partial charge < -0.3 is 14.6 Å². The normalized spacial score (nSPS) is 11.1. The molecule has 0 aliphatic rings. The highest BCUT2D eigenvalue weighted by atomic mass is 35.5. The van der Waals surface area contributed by atoms with E-state index in [-0.39, 0.29) is 11.2 Å². The van der Waals surface area contributed by atoms with Gasteiger partial charge in [-0.05, 0) is 38.7 Å². The smallest absolute Gasteiger partial charge is 0.223 e. The van der Waals surface area contributed by atoms with Gasteiger partial charge in [-0.25, -0.2) is 0 Å². The van der Waals surface area contributed by atoms with Crippen LogP contribution in [-0.4, -0.2) is 28.7 Å². The lowest BCUT2D eigenvalue weighted by Crippen LogP contribution is -2.22. The van der Waals surface area contributed by atoms with Crippen LogP contribution in [-0.2, 0) is 13.1 Å². The maximum absolute atomic E-state index is 11.8. The molecule has 0 saturated heterocycles. The SMILES string of the molecule is Cc1cc(=O)c(O)c(CN(C)C)n1Cc1ccc(Cl)cc1. The van der Waals surface area contributed by atoms with Crippen molar-refractivity contribution in [3.8, 4) is 5.75 Å². The van der Waals surface area contributed by atoms with Crippen LogP contribution in [0, 0.1) is 6.92 Å². The molecule has 2 rings (SSSR count). The molecular weight excluding hydrogens is 288 g/mol. The summed E-state index contributed by atoms with van der Waals surface area (Å²) in [6.07, 6.45) is 0. The second-order valence-electron chi connectivity index (χ2n) is 5.40. The minimum absolute atomic E-state index is 0.178. The Morgan fingerprint density at radius 1 is 1.24 bits per heavy atom. The van der Waals surface area contributed by atoms with Gasteiger partial charge in [-0.1, -0.05) is 23.7 Å². The first kappa shape index (κ1) is 15.6. The number of pyridine rings is 1. The Balaban J connectivity index is 2.48. The number of aryl methyl sites for hydroxylation is 1. The zero-order valence-corrected chi connectivity index (χ0v) is 13.2. The van der Waals surface area contributed by atoms with Gasteiger partial charge in [0.1, 0.15) is 0 Å². The van der Waals surface area contributed by atoms with Crippen LogP contribution in [0.5, 0.6) is 5.75 Å². The molecule has 0 bridgehead atoms. The molecule has 0 fully saturated rings. The number of aromatic nitrogens is 1. The minimum atomic E-state index is -0.336. The highest BCUT2D eigenvalue weighted by molar-refractivity contribution is 6.30. The van der Waals surface area contributed by atoms with E-state index < -0.39 is 0 Å². The van der Waals surface area contributed by atoms with Crippen molar-refractivity contribution in [1.29, 1.82) is 0 Å². The third-order valence-electron chi connectivity index (χ3n) is 3.32. The van der Waals surface area contributed by atoms with E-state index in [0.717, 1.165) is 11.3 Å². The van der Waals surface area contributed by atoms with Crippen molar-refractivity contribution < 1.29 is 5.11 Å². The Morgan fingerprint density at radius 3 is 2.43 bits per heavy atom. The average Bonchev–Trinajstić information content (AvgIpc) is 2.42. The van der Waals surface area contributed by atoms with Crippen molar-refractivity contribution in [2.45, 2.75) is 20.0 Å². The zero-order chi connectivity index (χ0) is 15.6. The Labute approximate surface area is 129 Å². The van der Waals surface area contributed by atoms with Gasteiger partial charge in [-0.2, -0.15) is 0 Å². The van der Waals surface area contributed by atoms with E-state index in [1.54, 1.807) is 0 Å². The fourth-order valence-corrected chi connectivity index (χ4v) is 2.40. The molecule has 0 radical (unpaired) electrons. The Kier molecular flexibility index (Phi) is 4.70. The average molecular weight is 307 g/mol. The molecule has 1 aromatic carbocycles. The molecule has 1 N–H and O–H groups in total. The van der Waals surface area contributed by atoms with Crippen molar-refractivity contribution in [3.63, 3.8) is 0 Å². The van der Waals surface area contributed by atoms with Crippen molar-refractivity contribution in [3.05, 3.63) is 62.5 Å². The van der Waals surface area contributed by atoms with Crippen LogP contribution in [0.15, 0.2) is 35.1 Å². The van der Waals surface area contributed by atoms with Gasteiger partial charge in [0.25, 0.3) is 0 Å². The molecule has 5 heteroatoms. The molecule has 0 atom stereocenters. The van der Waals surface area contributed by atoms with Gasteiger partial charge in [0, 0.05) is 29.9 Å². The Morgan fingerprint density at radius 2 is 1.86 bits per heavy atom. The van der Waals surface area contributed by atoms with Crippen LogP contribution >= 0.6 is 11.6 Å². The lowest BCUT2D eigenvalue weighted by Gasteiger charge is -2.20. The molecule has 0 aliphatic heterocycles. The molecule has 0 saturated carbocycles. The van der Waals surface area contributed by atoms with Crippen molar-refractivity contribution in [2.24, 2.45) is 0 Å². The monoisotopic (exact) mass is 306 g/mol. The van der Waals surface area contributed by atoms with E-state index in [1.807, 2.05) is 54.8 Å². The molecular formula is C16H19ClN2O2. The molecule has 0 spiro atoms. The fourth-order valence-electron chi connectivity index (χ4n) is 2.27. The van der Waals surface area contributed by atoms with Crippen LogP contribution in [0.4, 0.5) is 0 Å². The van der Waals surface area contributed by atoms with E-state index in [9.17, 15) is 9.90 Å². The van der Waals surface area contributed by atoms with E-state index >= 15 is 0 Å². The summed E-state index contributed by atoms with van der Waals surface area (Å²) in [6.45, 7) is 2.95. The van der Waals surface area contributed by atoms with Crippen molar-refractivity contribution >= 4 is 11.6 Å². The number of hydrogen-bond donors (Lipinski definition) is 1. The summed E-state index contributed by atoms with van der Waals surface area (Å²) >= 11 is 5.90. The largest absolute Gasteiger partial charge is 0.503 e. The first-order chi connectivity index (χ1) is 9.88. The number of nitrogens with zero attached hydrogens (tertiary/aromatic N) is 2. The topological polar surface area (TPSA) is 45.5 Å². The van der Waals surface area contributed by atoms with Crippen LogP contribution in [0.1, 0.15) is 17.0 Å². The highest BCUT2D eigenvalue weighted by Gasteiger charge is 2.14. The zero-order valence-electron chi connectivity index (χ0n) is 12.4. The number of benzene rings is 1. The molecule has 1 aromatic heterocycles. The summed E-state index contributed by atoms with van der Waals surface area (Å²) in [5, 5.41) is 10.8. The molecule has 4 nitrogen and oxygen atoms in total. The summed E-state index contributed by atoms with van der Waals surface area (Å²) in [7, 11) is 3.80. The van der Waals surface area contributed by atoms with E-state index in [2.05, 4.69) is 0 Å². The molecule has 112 valence electrons. The summed E-state index contributed by atoms with van der Waals surface area (Å²) in [6, 6.07) is 9.01. The van der Waals surface area contributed by atoms with Crippen molar-refractivity contribution in [2.75, 3.05) is 14.1 Å². The predicted octanol–water partition coefficient (Wildman–Crippen LogP) is 2.63. The lowest BCUT2D eigenvalue weighted by atomic mass is 10.2.